The summed E-state index contributed by atoms with van der Waals surface area (Å²) in [4.78, 5) is 6.04. The van der Waals surface area contributed by atoms with Gasteiger partial charge in [-0.15, -0.1) is 11.3 Å². The first kappa shape index (κ1) is 18.6. The van der Waals surface area contributed by atoms with Crippen molar-refractivity contribution in [1.82, 2.24) is 9.29 Å². The number of nitrogens with zero attached hydrogens (tertiary/aromatic N) is 2. The maximum atomic E-state index is 12.9. The molecule has 1 aromatic heterocycles. The first-order valence-electron chi connectivity index (χ1n) is 8.36. The molecule has 1 aliphatic heterocycles. The number of methoxy groups -OCH3 is 1. The number of benzene rings is 2. The summed E-state index contributed by atoms with van der Waals surface area (Å²) in [5, 5.41) is 0.891. The average molecular weight is 465 g/mol. The molecule has 0 fully saturated rings. The number of aromatic nitrogens is 1. The third kappa shape index (κ3) is 3.67. The predicted octanol–water partition coefficient (Wildman–Crippen LogP) is 4.33. The molecule has 0 bridgehead atoms. The van der Waals surface area contributed by atoms with Crippen LogP contribution < -0.4 is 4.74 Å². The van der Waals surface area contributed by atoms with E-state index in [4.69, 9.17) is 9.72 Å². The van der Waals surface area contributed by atoms with Crippen molar-refractivity contribution in [3.8, 4) is 16.3 Å². The maximum Gasteiger partial charge on any atom is 0.243 e. The first-order valence-corrected chi connectivity index (χ1v) is 11.4. The minimum atomic E-state index is -3.52. The first-order chi connectivity index (χ1) is 13.0. The van der Waals surface area contributed by atoms with Gasteiger partial charge in [-0.05, 0) is 36.4 Å². The number of ether oxygens (including phenoxy) is 1. The molecule has 27 heavy (non-hydrogen) atoms. The molecule has 2 aromatic carbocycles. The van der Waals surface area contributed by atoms with E-state index in [-0.39, 0.29) is 0 Å². The Morgan fingerprint density at radius 2 is 1.96 bits per heavy atom. The maximum absolute atomic E-state index is 12.9. The van der Waals surface area contributed by atoms with Crippen LogP contribution in [0.5, 0.6) is 5.75 Å². The molecule has 0 amide bonds. The normalized spacial score (nSPS) is 14.7. The summed E-state index contributed by atoms with van der Waals surface area (Å²) in [6.45, 7) is 0.794. The fourth-order valence-electron chi connectivity index (χ4n) is 3.01. The Bertz CT molecular complexity index is 1080. The molecule has 4 rings (SSSR count). The lowest BCUT2D eigenvalue weighted by Crippen LogP contribution is -2.35. The Balaban J connectivity index is 1.62. The molecular weight excluding hydrogens is 448 g/mol. The van der Waals surface area contributed by atoms with Crippen LogP contribution in [0.15, 0.2) is 57.9 Å². The van der Waals surface area contributed by atoms with Gasteiger partial charge in [-0.2, -0.15) is 4.31 Å². The number of fused-ring (bicyclic) bond motifs is 1. The van der Waals surface area contributed by atoms with Crippen LogP contribution in [0.25, 0.3) is 10.6 Å². The highest BCUT2D eigenvalue weighted by Gasteiger charge is 2.30. The van der Waals surface area contributed by atoms with Crippen LogP contribution in [-0.4, -0.2) is 31.4 Å². The third-order valence-corrected chi connectivity index (χ3v) is 7.98. The molecular formula is C19H17BrN2O3S2. The van der Waals surface area contributed by atoms with Crippen molar-refractivity contribution < 1.29 is 13.2 Å². The van der Waals surface area contributed by atoms with E-state index < -0.39 is 10.0 Å². The second kappa shape index (κ2) is 7.35. The van der Waals surface area contributed by atoms with Gasteiger partial charge in [0.2, 0.25) is 10.0 Å². The van der Waals surface area contributed by atoms with E-state index in [9.17, 15) is 8.42 Å². The van der Waals surface area contributed by atoms with Gasteiger partial charge in [0.25, 0.3) is 0 Å². The van der Waals surface area contributed by atoms with Crippen molar-refractivity contribution in [2.75, 3.05) is 13.7 Å². The van der Waals surface area contributed by atoms with Crippen LogP contribution in [0.1, 0.15) is 10.6 Å². The number of hydrogen-bond donors (Lipinski definition) is 0. The fraction of sp³-hybridized carbons (Fsp3) is 0.211. The van der Waals surface area contributed by atoms with Crippen LogP contribution in [-0.2, 0) is 23.0 Å². The SMILES string of the molecule is COc1cccc(-c2nc3c(s2)CN(S(=O)(=O)c2ccc(Br)cc2)CC3)c1. The van der Waals surface area contributed by atoms with E-state index in [0.717, 1.165) is 31.4 Å². The molecule has 3 aromatic rings. The lowest BCUT2D eigenvalue weighted by Gasteiger charge is -2.25. The molecule has 0 atom stereocenters. The number of sulfonamides is 1. The Kier molecular flexibility index (Phi) is 5.07. The minimum Gasteiger partial charge on any atom is -0.497 e. The van der Waals surface area contributed by atoms with Crippen molar-refractivity contribution in [3.05, 3.63) is 63.6 Å². The molecule has 8 heteroatoms. The van der Waals surface area contributed by atoms with Crippen molar-refractivity contribution in [2.24, 2.45) is 0 Å². The molecule has 0 aliphatic carbocycles. The highest BCUT2D eigenvalue weighted by atomic mass is 79.9. The van der Waals surface area contributed by atoms with Gasteiger partial charge in [-0.3, -0.25) is 0 Å². The Morgan fingerprint density at radius 3 is 2.70 bits per heavy atom. The summed E-state index contributed by atoms with van der Waals surface area (Å²) in [5.74, 6) is 0.778. The summed E-state index contributed by atoms with van der Waals surface area (Å²) in [6, 6.07) is 14.5. The second-order valence-corrected chi connectivity index (χ2v) is 10.1. The van der Waals surface area contributed by atoms with Crippen LogP contribution in [0, 0.1) is 0 Å². The predicted molar refractivity (Wildman–Crippen MR) is 110 cm³/mol. The van der Waals surface area contributed by atoms with Crippen molar-refractivity contribution in [3.63, 3.8) is 0 Å². The zero-order valence-electron chi connectivity index (χ0n) is 14.6. The van der Waals surface area contributed by atoms with E-state index in [1.165, 1.54) is 4.31 Å². The second-order valence-electron chi connectivity index (χ2n) is 6.16. The summed E-state index contributed by atoms with van der Waals surface area (Å²) in [6.07, 6.45) is 0.617. The monoisotopic (exact) mass is 464 g/mol. The van der Waals surface area contributed by atoms with Gasteiger partial charge in [-0.1, -0.05) is 28.1 Å². The molecule has 5 nitrogen and oxygen atoms in total. The summed E-state index contributed by atoms with van der Waals surface area (Å²) in [7, 11) is -1.88. The molecule has 0 radical (unpaired) electrons. The van der Waals surface area contributed by atoms with Gasteiger partial charge in [-0.25, -0.2) is 13.4 Å². The molecule has 0 saturated carbocycles. The zero-order chi connectivity index (χ0) is 19.0. The van der Waals surface area contributed by atoms with Crippen molar-refractivity contribution in [2.45, 2.75) is 17.9 Å². The molecule has 1 aliphatic rings. The molecule has 2 heterocycles. The van der Waals surface area contributed by atoms with Gasteiger partial charge in [0, 0.05) is 27.9 Å². The minimum absolute atomic E-state index is 0.312. The van der Waals surface area contributed by atoms with Gasteiger partial charge >= 0.3 is 0 Å². The van der Waals surface area contributed by atoms with Crippen LogP contribution in [0.3, 0.4) is 0 Å². The van der Waals surface area contributed by atoms with E-state index >= 15 is 0 Å². The molecule has 0 N–H and O–H groups in total. The summed E-state index contributed by atoms with van der Waals surface area (Å²) >= 11 is 4.89. The molecule has 0 unspecified atom stereocenters. The third-order valence-electron chi connectivity index (χ3n) is 4.46. The number of hydrogen-bond acceptors (Lipinski definition) is 5. The van der Waals surface area contributed by atoms with E-state index in [1.807, 2.05) is 24.3 Å². The number of thiazole rings is 1. The smallest absolute Gasteiger partial charge is 0.243 e. The summed E-state index contributed by atoms with van der Waals surface area (Å²) < 4.78 is 33.6. The fourth-order valence-corrected chi connectivity index (χ4v) is 5.89. The lowest BCUT2D eigenvalue weighted by molar-refractivity contribution is 0.393. The van der Waals surface area contributed by atoms with Crippen LogP contribution >= 0.6 is 27.3 Å². The zero-order valence-corrected chi connectivity index (χ0v) is 17.8. The van der Waals surface area contributed by atoms with Crippen LogP contribution in [0.4, 0.5) is 0 Å². The van der Waals surface area contributed by atoms with Gasteiger partial charge < -0.3 is 4.74 Å². The molecule has 0 spiro atoms. The van der Waals surface area contributed by atoms with Crippen molar-refractivity contribution >= 4 is 37.3 Å². The highest BCUT2D eigenvalue weighted by molar-refractivity contribution is 9.10. The van der Waals surface area contributed by atoms with Gasteiger partial charge in [0.15, 0.2) is 0 Å². The Labute approximate surface area is 170 Å². The highest BCUT2D eigenvalue weighted by Crippen LogP contribution is 2.34. The average Bonchev–Trinajstić information content (AvgIpc) is 3.12. The Morgan fingerprint density at radius 1 is 1.19 bits per heavy atom. The largest absolute Gasteiger partial charge is 0.497 e. The quantitative estimate of drug-likeness (QED) is 0.576. The summed E-state index contributed by atoms with van der Waals surface area (Å²) in [5.41, 5.74) is 1.97. The lowest BCUT2D eigenvalue weighted by atomic mass is 10.2. The topological polar surface area (TPSA) is 59.5 Å². The Hall–Kier alpha value is -1.74. The van der Waals surface area contributed by atoms with E-state index in [0.29, 0.717) is 24.4 Å². The van der Waals surface area contributed by atoms with Gasteiger partial charge in [0.1, 0.15) is 10.8 Å². The van der Waals surface area contributed by atoms with E-state index in [2.05, 4.69) is 15.9 Å². The van der Waals surface area contributed by atoms with Crippen molar-refractivity contribution in [1.29, 1.82) is 0 Å². The number of rotatable bonds is 4. The van der Waals surface area contributed by atoms with Gasteiger partial charge in [0.05, 0.1) is 24.2 Å². The molecule has 140 valence electrons. The molecule has 0 saturated heterocycles. The van der Waals surface area contributed by atoms with Crippen LogP contribution in [0.2, 0.25) is 0 Å². The van der Waals surface area contributed by atoms with E-state index in [1.54, 1.807) is 42.7 Å². The standard InChI is InChI=1S/C19H17BrN2O3S2/c1-25-15-4-2-3-13(11-15)19-21-17-9-10-22(12-18(17)26-19)27(23,24)16-7-5-14(20)6-8-16/h2-8,11H,9-10,12H2,1H3. The number of halogens is 1.